The van der Waals surface area contributed by atoms with Gasteiger partial charge in [0.2, 0.25) is 0 Å². The van der Waals surface area contributed by atoms with Crippen molar-refractivity contribution in [1.82, 2.24) is 9.97 Å². The Labute approximate surface area is 182 Å². The monoisotopic (exact) mass is 457 g/mol. The Bertz CT molecular complexity index is 978. The molecule has 1 aliphatic rings. The number of nitrogens with zero attached hydrogens (tertiary/aromatic N) is 2. The Hall–Kier alpha value is -2.79. The highest BCUT2D eigenvalue weighted by Crippen LogP contribution is 2.37. The minimum absolute atomic E-state index is 0.0920. The summed E-state index contributed by atoms with van der Waals surface area (Å²) in [4.78, 5) is 20.5. The van der Waals surface area contributed by atoms with Crippen LogP contribution in [0.1, 0.15) is 46.1 Å². The third-order valence-electron chi connectivity index (χ3n) is 5.06. The molecule has 0 amide bonds. The van der Waals surface area contributed by atoms with Crippen molar-refractivity contribution in [2.75, 3.05) is 32.3 Å². The van der Waals surface area contributed by atoms with Gasteiger partial charge < -0.3 is 19.5 Å². The van der Waals surface area contributed by atoms with Crippen molar-refractivity contribution in [3.05, 3.63) is 52.0 Å². The van der Waals surface area contributed by atoms with Crippen LogP contribution in [0.2, 0.25) is 0 Å². The molecule has 3 rings (SSSR count). The summed E-state index contributed by atoms with van der Waals surface area (Å²) in [5.74, 6) is -0.182. The number of rotatable bonds is 7. The van der Waals surface area contributed by atoms with Crippen LogP contribution in [-0.2, 0) is 31.6 Å². The first-order valence-electron chi connectivity index (χ1n) is 9.82. The predicted octanol–water partition coefficient (Wildman–Crippen LogP) is 4.00. The van der Waals surface area contributed by atoms with Crippen LogP contribution in [0.25, 0.3) is 0 Å². The molecule has 0 unspecified atom stereocenters. The summed E-state index contributed by atoms with van der Waals surface area (Å²) in [6, 6.07) is 2.46. The summed E-state index contributed by atoms with van der Waals surface area (Å²) >= 11 is 0. The molecule has 1 fully saturated rings. The van der Waals surface area contributed by atoms with E-state index in [1.54, 1.807) is 6.92 Å². The summed E-state index contributed by atoms with van der Waals surface area (Å²) in [6.07, 6.45) is -5.70. The lowest BCUT2D eigenvalue weighted by molar-refractivity contribution is -0.140. The Morgan fingerprint density at radius 1 is 1.25 bits per heavy atom. The van der Waals surface area contributed by atoms with Gasteiger partial charge in [-0.05, 0) is 31.0 Å². The minimum atomic E-state index is -4.57. The summed E-state index contributed by atoms with van der Waals surface area (Å²) in [5, 5.41) is 2.88. The fraction of sp³-hybridized carbons (Fsp3) is 0.476. The molecule has 1 aromatic heterocycles. The van der Waals surface area contributed by atoms with Crippen molar-refractivity contribution in [3.8, 4) is 0 Å². The molecular weight excluding hydrogens is 434 g/mol. The number of hydrogen-bond donors (Lipinski definition) is 1. The molecule has 1 aromatic carbocycles. The van der Waals surface area contributed by atoms with Crippen LogP contribution in [0.3, 0.4) is 0 Å². The van der Waals surface area contributed by atoms with Crippen molar-refractivity contribution in [2.45, 2.75) is 38.8 Å². The molecule has 11 heteroatoms. The van der Waals surface area contributed by atoms with E-state index < -0.39 is 36.7 Å². The first kappa shape index (κ1) is 23.9. The highest BCUT2D eigenvalue weighted by Gasteiger charge is 2.34. The minimum Gasteiger partial charge on any atom is -0.469 e. The number of aryl methyl sites for hydroxylation is 1. The second-order valence-corrected chi connectivity index (χ2v) is 7.18. The SMILES string of the molecule is COC(=O)Cc1nc(C)nc(N[C@H](CF)c2cccc(C(F)(F)F)c2C)c1C1OCCO1. The van der Waals surface area contributed by atoms with E-state index in [-0.39, 0.29) is 53.7 Å². The number of carbonyl (C=O) groups excluding carboxylic acids is 1. The molecule has 2 heterocycles. The lowest BCUT2D eigenvalue weighted by Gasteiger charge is -2.24. The van der Waals surface area contributed by atoms with Crippen LogP contribution in [0.5, 0.6) is 0 Å². The van der Waals surface area contributed by atoms with Gasteiger partial charge in [0.15, 0.2) is 6.29 Å². The van der Waals surface area contributed by atoms with Gasteiger partial charge in [0.25, 0.3) is 0 Å². The molecule has 7 nitrogen and oxygen atoms in total. The first-order chi connectivity index (χ1) is 15.2. The van der Waals surface area contributed by atoms with Crippen molar-refractivity contribution in [1.29, 1.82) is 0 Å². The Kier molecular flexibility index (Phi) is 7.29. The van der Waals surface area contributed by atoms with Gasteiger partial charge in [0, 0.05) is 0 Å². The van der Waals surface area contributed by atoms with E-state index in [1.807, 2.05) is 0 Å². The van der Waals surface area contributed by atoms with Crippen molar-refractivity contribution in [2.24, 2.45) is 0 Å². The summed E-state index contributed by atoms with van der Waals surface area (Å²) in [5.41, 5.74) is -0.264. The largest absolute Gasteiger partial charge is 0.469 e. The average molecular weight is 457 g/mol. The number of ether oxygens (including phenoxy) is 3. The number of nitrogens with one attached hydrogen (secondary N) is 1. The zero-order chi connectivity index (χ0) is 23.5. The predicted molar refractivity (Wildman–Crippen MR) is 106 cm³/mol. The molecule has 32 heavy (non-hydrogen) atoms. The fourth-order valence-electron chi connectivity index (χ4n) is 3.57. The maximum Gasteiger partial charge on any atom is 0.416 e. The fourth-order valence-corrected chi connectivity index (χ4v) is 3.57. The van der Waals surface area contributed by atoms with Crippen LogP contribution < -0.4 is 5.32 Å². The van der Waals surface area contributed by atoms with Crippen molar-refractivity contribution >= 4 is 11.8 Å². The number of anilines is 1. The van der Waals surface area contributed by atoms with Crippen LogP contribution >= 0.6 is 0 Å². The molecule has 0 radical (unpaired) electrons. The van der Waals surface area contributed by atoms with Crippen LogP contribution in [0.15, 0.2) is 18.2 Å². The third kappa shape index (κ3) is 5.16. The van der Waals surface area contributed by atoms with Crippen molar-refractivity contribution < 1.29 is 36.6 Å². The van der Waals surface area contributed by atoms with Gasteiger partial charge in [-0.15, -0.1) is 0 Å². The molecule has 1 N–H and O–H groups in total. The van der Waals surface area contributed by atoms with Crippen LogP contribution in [-0.4, -0.2) is 42.9 Å². The van der Waals surface area contributed by atoms with Gasteiger partial charge in [0.1, 0.15) is 18.3 Å². The van der Waals surface area contributed by atoms with E-state index in [2.05, 4.69) is 15.3 Å². The van der Waals surface area contributed by atoms with Gasteiger partial charge in [-0.2, -0.15) is 13.2 Å². The quantitative estimate of drug-likeness (QED) is 0.497. The lowest BCUT2D eigenvalue weighted by Crippen LogP contribution is -2.22. The van der Waals surface area contributed by atoms with Gasteiger partial charge >= 0.3 is 12.1 Å². The summed E-state index contributed by atoms with van der Waals surface area (Å²) in [6.45, 7) is 2.43. The molecule has 2 aromatic rings. The number of halogens is 4. The highest BCUT2D eigenvalue weighted by atomic mass is 19.4. The number of carbonyl (C=O) groups is 1. The summed E-state index contributed by atoms with van der Waals surface area (Å²) in [7, 11) is 1.23. The van der Waals surface area contributed by atoms with Crippen molar-refractivity contribution in [3.63, 3.8) is 0 Å². The van der Waals surface area contributed by atoms with Crippen LogP contribution in [0.4, 0.5) is 23.4 Å². The Morgan fingerprint density at radius 2 is 1.94 bits per heavy atom. The molecule has 0 spiro atoms. The molecule has 1 atom stereocenters. The second kappa shape index (κ2) is 9.78. The maximum atomic E-state index is 14.1. The molecule has 1 saturated heterocycles. The molecule has 0 saturated carbocycles. The third-order valence-corrected chi connectivity index (χ3v) is 5.06. The van der Waals surface area contributed by atoms with Gasteiger partial charge in [0.05, 0.1) is 49.6 Å². The molecule has 0 aliphatic carbocycles. The van der Waals surface area contributed by atoms with Crippen LogP contribution in [0, 0.1) is 13.8 Å². The number of aromatic nitrogens is 2. The molecule has 0 bridgehead atoms. The second-order valence-electron chi connectivity index (χ2n) is 7.18. The number of benzene rings is 1. The average Bonchev–Trinajstić information content (AvgIpc) is 3.25. The molecule has 1 aliphatic heterocycles. The lowest BCUT2D eigenvalue weighted by atomic mass is 9.96. The standard InChI is InChI=1S/C21H23F4N3O4/c1-11-13(5-4-6-14(11)21(23,24)25)16(10-22)28-19-18(20-31-7-8-32-20)15(9-17(29)30-3)26-12(2)27-19/h4-6,16,20H,7-10H2,1-3H3,(H,26,27,28)/t16-/m1/s1. The van der Waals surface area contributed by atoms with Gasteiger partial charge in [-0.25, -0.2) is 14.4 Å². The summed E-state index contributed by atoms with van der Waals surface area (Å²) < 4.78 is 69.9. The number of hydrogen-bond acceptors (Lipinski definition) is 7. The Morgan fingerprint density at radius 3 is 2.53 bits per heavy atom. The Balaban J connectivity index is 2.06. The number of methoxy groups -OCH3 is 1. The van der Waals surface area contributed by atoms with E-state index in [0.29, 0.717) is 0 Å². The van der Waals surface area contributed by atoms with E-state index >= 15 is 0 Å². The normalized spacial score (nSPS) is 15.6. The van der Waals surface area contributed by atoms with E-state index in [0.717, 1.165) is 6.07 Å². The van der Waals surface area contributed by atoms with E-state index in [9.17, 15) is 22.4 Å². The molecule has 174 valence electrons. The topological polar surface area (TPSA) is 82.6 Å². The maximum absolute atomic E-state index is 14.1. The van der Waals surface area contributed by atoms with E-state index in [1.165, 1.54) is 26.2 Å². The van der Waals surface area contributed by atoms with E-state index in [4.69, 9.17) is 14.2 Å². The highest BCUT2D eigenvalue weighted by molar-refractivity contribution is 5.73. The smallest absolute Gasteiger partial charge is 0.416 e. The van der Waals surface area contributed by atoms with Gasteiger partial charge in [-0.1, -0.05) is 12.1 Å². The van der Waals surface area contributed by atoms with Gasteiger partial charge in [-0.3, -0.25) is 4.79 Å². The number of esters is 1. The number of alkyl halides is 4. The zero-order valence-electron chi connectivity index (χ0n) is 17.8. The first-order valence-corrected chi connectivity index (χ1v) is 9.82. The zero-order valence-corrected chi connectivity index (χ0v) is 17.8. The molecular formula is C21H23F4N3O4.